The zero-order valence-corrected chi connectivity index (χ0v) is 13.4. The predicted octanol–water partition coefficient (Wildman–Crippen LogP) is 3.48. The standard InChI is InChI=1S/C20H17NO3/c1-13(24-20(23)16-7-5-14(12-21)6-8-16)19(22)18-10-9-15-3-2-4-17(15)11-18/h5-11,13H,2-4H2,1H3/t13-/m0/s1. The zero-order valence-electron chi connectivity index (χ0n) is 13.4. The van der Waals surface area contributed by atoms with Crippen LogP contribution < -0.4 is 0 Å². The lowest BCUT2D eigenvalue weighted by Gasteiger charge is -2.13. The van der Waals surface area contributed by atoms with Crippen molar-refractivity contribution in [3.8, 4) is 6.07 Å². The summed E-state index contributed by atoms with van der Waals surface area (Å²) >= 11 is 0. The molecule has 1 atom stereocenters. The molecule has 4 nitrogen and oxygen atoms in total. The lowest BCUT2D eigenvalue weighted by molar-refractivity contribution is 0.0319. The van der Waals surface area contributed by atoms with E-state index >= 15 is 0 Å². The van der Waals surface area contributed by atoms with E-state index in [0.717, 1.165) is 19.3 Å². The van der Waals surface area contributed by atoms with E-state index in [4.69, 9.17) is 10.00 Å². The fraction of sp³-hybridized carbons (Fsp3) is 0.250. The molecule has 4 heteroatoms. The van der Waals surface area contributed by atoms with Gasteiger partial charge in [-0.25, -0.2) is 4.79 Å². The molecule has 0 bridgehead atoms. The minimum atomic E-state index is -0.854. The van der Waals surface area contributed by atoms with E-state index in [1.165, 1.54) is 23.3 Å². The third-order valence-corrected chi connectivity index (χ3v) is 4.29. The lowest BCUT2D eigenvalue weighted by atomic mass is 10.0. The Morgan fingerprint density at radius 2 is 1.71 bits per heavy atom. The van der Waals surface area contributed by atoms with Gasteiger partial charge in [-0.2, -0.15) is 5.26 Å². The van der Waals surface area contributed by atoms with Crippen molar-refractivity contribution in [1.82, 2.24) is 0 Å². The Morgan fingerprint density at radius 1 is 1.04 bits per heavy atom. The van der Waals surface area contributed by atoms with Gasteiger partial charge in [-0.15, -0.1) is 0 Å². The molecule has 0 amide bonds. The number of benzene rings is 2. The van der Waals surface area contributed by atoms with Crippen molar-refractivity contribution >= 4 is 11.8 Å². The Hall–Kier alpha value is -2.93. The number of nitrogens with zero attached hydrogens (tertiary/aromatic N) is 1. The van der Waals surface area contributed by atoms with Gasteiger partial charge in [-0.1, -0.05) is 12.1 Å². The van der Waals surface area contributed by atoms with Crippen molar-refractivity contribution in [2.24, 2.45) is 0 Å². The van der Waals surface area contributed by atoms with Crippen molar-refractivity contribution < 1.29 is 14.3 Å². The van der Waals surface area contributed by atoms with E-state index < -0.39 is 12.1 Å². The normalized spacial score (nSPS) is 13.7. The third-order valence-electron chi connectivity index (χ3n) is 4.29. The van der Waals surface area contributed by atoms with E-state index in [9.17, 15) is 9.59 Å². The van der Waals surface area contributed by atoms with Crippen molar-refractivity contribution in [2.45, 2.75) is 32.3 Å². The number of ketones is 1. The van der Waals surface area contributed by atoms with Gasteiger partial charge >= 0.3 is 5.97 Å². The van der Waals surface area contributed by atoms with E-state index in [2.05, 4.69) is 0 Å². The fourth-order valence-corrected chi connectivity index (χ4v) is 2.92. The molecule has 24 heavy (non-hydrogen) atoms. The van der Waals surface area contributed by atoms with Crippen LogP contribution in [0.15, 0.2) is 42.5 Å². The summed E-state index contributed by atoms with van der Waals surface area (Å²) in [5.74, 6) is -0.770. The number of hydrogen-bond acceptors (Lipinski definition) is 4. The minimum absolute atomic E-state index is 0.202. The first-order chi connectivity index (χ1) is 11.6. The Bertz CT molecular complexity index is 831. The van der Waals surface area contributed by atoms with Gasteiger partial charge in [0.15, 0.2) is 6.10 Å². The molecule has 0 aromatic heterocycles. The maximum atomic E-state index is 12.5. The second-order valence-electron chi connectivity index (χ2n) is 5.94. The second-order valence-corrected chi connectivity index (χ2v) is 5.94. The summed E-state index contributed by atoms with van der Waals surface area (Å²) in [7, 11) is 0. The largest absolute Gasteiger partial charge is 0.451 e. The zero-order chi connectivity index (χ0) is 17.1. The molecular weight excluding hydrogens is 302 g/mol. The van der Waals surface area contributed by atoms with Gasteiger partial charge in [0.1, 0.15) is 0 Å². The molecule has 0 saturated carbocycles. The van der Waals surface area contributed by atoms with Crippen molar-refractivity contribution in [2.75, 3.05) is 0 Å². The Labute approximate surface area is 140 Å². The van der Waals surface area contributed by atoms with Crippen LogP contribution >= 0.6 is 0 Å². The van der Waals surface area contributed by atoms with Crippen LogP contribution in [0.4, 0.5) is 0 Å². The first-order valence-corrected chi connectivity index (χ1v) is 7.95. The van der Waals surface area contributed by atoms with Gasteiger partial charge in [0.2, 0.25) is 5.78 Å². The molecule has 2 aromatic rings. The summed E-state index contributed by atoms with van der Waals surface area (Å²) in [6.07, 6.45) is 2.33. The number of carbonyl (C=O) groups is 2. The van der Waals surface area contributed by atoms with Crippen molar-refractivity contribution in [3.05, 3.63) is 70.3 Å². The number of esters is 1. The lowest BCUT2D eigenvalue weighted by Crippen LogP contribution is -2.24. The summed E-state index contributed by atoms with van der Waals surface area (Å²) in [4.78, 5) is 24.6. The second kappa shape index (κ2) is 6.67. The summed E-state index contributed by atoms with van der Waals surface area (Å²) in [5, 5.41) is 8.77. The van der Waals surface area contributed by atoms with Crippen LogP contribution in [0.2, 0.25) is 0 Å². The van der Waals surface area contributed by atoms with Gasteiger partial charge in [-0.05, 0) is 67.6 Å². The number of aryl methyl sites for hydroxylation is 2. The number of Topliss-reactive ketones (excluding diaryl/α,β-unsaturated/α-hetero) is 1. The van der Waals surface area contributed by atoms with Crippen LogP contribution in [-0.2, 0) is 17.6 Å². The molecule has 1 aliphatic carbocycles. The van der Waals surface area contributed by atoms with Gasteiger partial charge in [0.25, 0.3) is 0 Å². The quantitative estimate of drug-likeness (QED) is 0.639. The highest BCUT2D eigenvalue weighted by Gasteiger charge is 2.22. The van der Waals surface area contributed by atoms with Gasteiger partial charge in [-0.3, -0.25) is 4.79 Å². The Balaban J connectivity index is 1.69. The monoisotopic (exact) mass is 319 g/mol. The minimum Gasteiger partial charge on any atom is -0.451 e. The Kier molecular flexibility index (Phi) is 4.43. The highest BCUT2D eigenvalue weighted by Crippen LogP contribution is 2.23. The van der Waals surface area contributed by atoms with Gasteiger partial charge in [0.05, 0.1) is 17.2 Å². The number of fused-ring (bicyclic) bond motifs is 1. The van der Waals surface area contributed by atoms with Crippen LogP contribution in [0.25, 0.3) is 0 Å². The molecule has 0 fully saturated rings. The average Bonchev–Trinajstić information content (AvgIpc) is 3.08. The molecular formula is C20H17NO3. The molecule has 0 aliphatic heterocycles. The molecule has 1 aliphatic rings. The average molecular weight is 319 g/mol. The predicted molar refractivity (Wildman–Crippen MR) is 88.8 cm³/mol. The topological polar surface area (TPSA) is 67.2 Å². The molecule has 0 N–H and O–H groups in total. The van der Waals surface area contributed by atoms with E-state index in [-0.39, 0.29) is 5.78 Å². The smallest absolute Gasteiger partial charge is 0.338 e. The maximum Gasteiger partial charge on any atom is 0.338 e. The van der Waals surface area contributed by atoms with Crippen LogP contribution in [-0.4, -0.2) is 17.9 Å². The molecule has 0 heterocycles. The SMILES string of the molecule is C[C@H](OC(=O)c1ccc(C#N)cc1)C(=O)c1ccc2c(c1)CCC2. The Morgan fingerprint density at radius 3 is 2.42 bits per heavy atom. The fourth-order valence-electron chi connectivity index (χ4n) is 2.92. The van der Waals surface area contributed by atoms with Crippen LogP contribution in [0.1, 0.15) is 50.8 Å². The number of rotatable bonds is 4. The molecule has 0 unspecified atom stereocenters. The van der Waals surface area contributed by atoms with E-state index in [0.29, 0.717) is 16.7 Å². The van der Waals surface area contributed by atoms with Crippen LogP contribution in [0.5, 0.6) is 0 Å². The summed E-state index contributed by atoms with van der Waals surface area (Å²) < 4.78 is 5.27. The first kappa shape index (κ1) is 15.9. The number of hydrogen-bond donors (Lipinski definition) is 0. The molecule has 3 rings (SSSR count). The highest BCUT2D eigenvalue weighted by molar-refractivity contribution is 6.01. The van der Waals surface area contributed by atoms with Gasteiger partial charge in [0, 0.05) is 5.56 Å². The molecule has 0 spiro atoms. The summed E-state index contributed by atoms with van der Waals surface area (Å²) in [5.41, 5.74) is 3.88. The first-order valence-electron chi connectivity index (χ1n) is 7.95. The van der Waals surface area contributed by atoms with Crippen LogP contribution in [0, 0.1) is 11.3 Å². The molecule has 120 valence electrons. The summed E-state index contributed by atoms with van der Waals surface area (Å²) in [6, 6.07) is 13.8. The molecule has 0 saturated heterocycles. The maximum absolute atomic E-state index is 12.5. The van der Waals surface area contributed by atoms with Crippen molar-refractivity contribution in [1.29, 1.82) is 5.26 Å². The highest BCUT2D eigenvalue weighted by atomic mass is 16.5. The van der Waals surface area contributed by atoms with E-state index in [1.54, 1.807) is 25.1 Å². The van der Waals surface area contributed by atoms with Crippen LogP contribution in [0.3, 0.4) is 0 Å². The van der Waals surface area contributed by atoms with Gasteiger partial charge < -0.3 is 4.74 Å². The summed E-state index contributed by atoms with van der Waals surface area (Å²) in [6.45, 7) is 1.58. The van der Waals surface area contributed by atoms with Crippen molar-refractivity contribution in [3.63, 3.8) is 0 Å². The third kappa shape index (κ3) is 3.21. The molecule has 0 radical (unpaired) electrons. The van der Waals surface area contributed by atoms with E-state index in [1.807, 2.05) is 18.2 Å². The number of nitriles is 1. The number of ether oxygens (including phenoxy) is 1. The molecule has 2 aromatic carbocycles. The number of carbonyl (C=O) groups excluding carboxylic acids is 2.